The molecule has 16 heavy (non-hydrogen) atoms. The molecule has 3 rings (SSSR count). The number of aliphatic imine (C=N–C) groups is 1. The number of fused-ring (bicyclic) bond motifs is 3. The summed E-state index contributed by atoms with van der Waals surface area (Å²) in [6, 6.07) is 7.85. The van der Waals surface area contributed by atoms with Gasteiger partial charge in [-0.2, -0.15) is 4.99 Å². The van der Waals surface area contributed by atoms with Crippen molar-refractivity contribution < 1.29 is 5.11 Å². The molecule has 0 saturated carbocycles. The summed E-state index contributed by atoms with van der Waals surface area (Å²) in [6.07, 6.45) is 1.82. The zero-order valence-corrected chi connectivity index (χ0v) is 8.78. The van der Waals surface area contributed by atoms with Gasteiger partial charge in [-0.05, 0) is 29.7 Å². The predicted octanol–water partition coefficient (Wildman–Crippen LogP) is 3.34. The molecule has 1 aliphatic rings. The Balaban J connectivity index is 2.54. The van der Waals surface area contributed by atoms with Gasteiger partial charge in [0.1, 0.15) is 5.75 Å². The Morgan fingerprint density at radius 3 is 2.88 bits per heavy atom. The van der Waals surface area contributed by atoms with E-state index in [0.29, 0.717) is 5.75 Å². The molecule has 0 spiro atoms. The van der Waals surface area contributed by atoms with E-state index in [2.05, 4.69) is 16.6 Å². The quantitative estimate of drug-likeness (QED) is 0.563. The first kappa shape index (κ1) is 8.99. The van der Waals surface area contributed by atoms with Gasteiger partial charge < -0.3 is 5.11 Å². The van der Waals surface area contributed by atoms with Gasteiger partial charge in [-0.15, -0.1) is 0 Å². The van der Waals surface area contributed by atoms with E-state index in [1.807, 2.05) is 37.3 Å². The Kier molecular flexibility index (Phi) is 1.75. The molecule has 0 aromatic heterocycles. The number of phenols is 1. The molecular formula is C14H9NO. The van der Waals surface area contributed by atoms with Crippen LogP contribution in [0.5, 0.6) is 5.75 Å². The lowest BCUT2D eigenvalue weighted by atomic mass is 10.0. The molecule has 0 saturated heterocycles. The Bertz CT molecular complexity index is 700. The largest absolute Gasteiger partial charge is 0.507 e. The molecule has 2 nitrogen and oxygen atoms in total. The zero-order valence-electron chi connectivity index (χ0n) is 8.78. The Morgan fingerprint density at radius 2 is 2.00 bits per heavy atom. The van der Waals surface area contributed by atoms with Gasteiger partial charge >= 0.3 is 0 Å². The molecule has 0 unspecified atom stereocenters. The normalized spacial score (nSPS) is 12.1. The van der Waals surface area contributed by atoms with Crippen molar-refractivity contribution in [2.45, 2.75) is 6.92 Å². The molecule has 0 amide bonds. The molecule has 0 radical (unpaired) electrons. The van der Waals surface area contributed by atoms with E-state index >= 15 is 0 Å². The number of aromatic hydroxyl groups is 1. The van der Waals surface area contributed by atoms with Crippen LogP contribution in [0.2, 0.25) is 0 Å². The van der Waals surface area contributed by atoms with Crippen molar-refractivity contribution in [3.63, 3.8) is 0 Å². The lowest BCUT2D eigenvalue weighted by Gasteiger charge is -2.09. The molecule has 0 bridgehead atoms. The predicted molar refractivity (Wildman–Crippen MR) is 65.4 cm³/mol. The minimum atomic E-state index is 0.301. The van der Waals surface area contributed by atoms with Crippen LogP contribution in [0, 0.1) is 6.92 Å². The van der Waals surface area contributed by atoms with Gasteiger partial charge in [-0.3, -0.25) is 0 Å². The minimum Gasteiger partial charge on any atom is -0.507 e. The third kappa shape index (κ3) is 1.12. The summed E-state index contributed by atoms with van der Waals surface area (Å²) < 4.78 is 0. The van der Waals surface area contributed by atoms with Crippen LogP contribution in [0.3, 0.4) is 0 Å². The lowest BCUT2D eigenvalue weighted by Crippen LogP contribution is -1.84. The molecule has 1 heterocycles. The maximum atomic E-state index is 10.1. The summed E-state index contributed by atoms with van der Waals surface area (Å²) in [6.45, 7) is 1.88. The van der Waals surface area contributed by atoms with Crippen LogP contribution in [-0.2, 0) is 0 Å². The van der Waals surface area contributed by atoms with E-state index in [4.69, 9.17) is 0 Å². The molecule has 0 aliphatic carbocycles. The third-order valence-corrected chi connectivity index (χ3v) is 2.82. The number of hydrogen-bond acceptors (Lipinski definition) is 2. The van der Waals surface area contributed by atoms with Gasteiger partial charge in [-0.25, -0.2) is 0 Å². The van der Waals surface area contributed by atoms with Crippen molar-refractivity contribution in [3.8, 4) is 5.75 Å². The van der Waals surface area contributed by atoms with Crippen LogP contribution in [0.4, 0.5) is 5.69 Å². The smallest absolute Gasteiger partial charge is 0.128 e. The molecule has 1 aliphatic heterocycles. The number of benzene rings is 2. The summed E-state index contributed by atoms with van der Waals surface area (Å²) in [7, 11) is 0. The van der Waals surface area contributed by atoms with Gasteiger partial charge in [0.25, 0.3) is 0 Å². The molecular weight excluding hydrogens is 198 g/mol. The first-order valence-electron chi connectivity index (χ1n) is 5.07. The number of aryl methyl sites for hydroxylation is 1. The maximum absolute atomic E-state index is 10.1. The van der Waals surface area contributed by atoms with Crippen LogP contribution >= 0.6 is 0 Å². The van der Waals surface area contributed by atoms with Crippen LogP contribution in [-0.4, -0.2) is 11.0 Å². The summed E-state index contributed by atoms with van der Waals surface area (Å²) in [5.41, 5.74) is 5.41. The standard InChI is InChI=1S/C14H9NO/c1-9-4-5-10-6-7-11-3-2-8-15-13(11)12(10)14(9)16/h3-7,16H,1H3. The molecule has 1 N–H and O–H groups in total. The summed E-state index contributed by atoms with van der Waals surface area (Å²) in [4.78, 5) is 4.17. The Hall–Kier alpha value is -2.27. The number of nitrogens with zero attached hydrogens (tertiary/aromatic N) is 1. The Morgan fingerprint density at radius 1 is 1.19 bits per heavy atom. The first-order chi connectivity index (χ1) is 7.77. The number of rotatable bonds is 0. The third-order valence-electron chi connectivity index (χ3n) is 2.82. The van der Waals surface area contributed by atoms with E-state index in [-0.39, 0.29) is 0 Å². The van der Waals surface area contributed by atoms with Crippen molar-refractivity contribution >= 4 is 28.4 Å². The summed E-state index contributed by atoms with van der Waals surface area (Å²) >= 11 is 0. The van der Waals surface area contributed by atoms with Crippen LogP contribution in [0.1, 0.15) is 11.1 Å². The average molecular weight is 207 g/mol. The fourth-order valence-electron chi connectivity index (χ4n) is 1.94. The fraction of sp³-hybridized carbons (Fsp3) is 0.0714. The summed E-state index contributed by atoms with van der Waals surface area (Å²) in [5.74, 6) is 2.99. The molecule has 0 atom stereocenters. The second-order valence-electron chi connectivity index (χ2n) is 3.84. The zero-order chi connectivity index (χ0) is 11.1. The van der Waals surface area contributed by atoms with Crippen molar-refractivity contribution in [1.29, 1.82) is 0 Å². The fourth-order valence-corrected chi connectivity index (χ4v) is 1.94. The van der Waals surface area contributed by atoms with Crippen molar-refractivity contribution in [2.75, 3.05) is 0 Å². The first-order valence-corrected chi connectivity index (χ1v) is 5.07. The van der Waals surface area contributed by atoms with Crippen molar-refractivity contribution in [1.82, 2.24) is 0 Å². The van der Waals surface area contributed by atoms with Crippen molar-refractivity contribution in [3.05, 3.63) is 41.1 Å². The van der Waals surface area contributed by atoms with Crippen LogP contribution in [0.25, 0.3) is 16.8 Å². The summed E-state index contributed by atoms with van der Waals surface area (Å²) in [5, 5.41) is 11.9. The number of phenolic OH excluding ortho intramolecular Hbond substituents is 1. The second kappa shape index (κ2) is 3.11. The molecule has 2 aromatic carbocycles. The minimum absolute atomic E-state index is 0.301. The van der Waals surface area contributed by atoms with Gasteiger partial charge in [0.15, 0.2) is 0 Å². The highest BCUT2D eigenvalue weighted by Gasteiger charge is 2.11. The number of hydrogen-bond donors (Lipinski definition) is 1. The SMILES string of the molecule is Cc1ccc2ccc3c(c2c1O)N=C=C=C3. The highest BCUT2D eigenvalue weighted by molar-refractivity contribution is 6.03. The van der Waals surface area contributed by atoms with Gasteiger partial charge in [-0.1, -0.05) is 24.3 Å². The molecule has 76 valence electrons. The van der Waals surface area contributed by atoms with E-state index < -0.39 is 0 Å². The topological polar surface area (TPSA) is 32.6 Å². The highest BCUT2D eigenvalue weighted by atomic mass is 16.3. The highest BCUT2D eigenvalue weighted by Crippen LogP contribution is 2.38. The monoisotopic (exact) mass is 207 g/mol. The van der Waals surface area contributed by atoms with E-state index in [1.165, 1.54) is 0 Å². The van der Waals surface area contributed by atoms with Crippen molar-refractivity contribution in [2.24, 2.45) is 4.99 Å². The van der Waals surface area contributed by atoms with E-state index in [0.717, 1.165) is 27.6 Å². The van der Waals surface area contributed by atoms with Crippen LogP contribution < -0.4 is 0 Å². The molecule has 2 heteroatoms. The van der Waals surface area contributed by atoms with Crippen LogP contribution in [0.15, 0.2) is 35.0 Å². The average Bonchev–Trinajstić information content (AvgIpc) is 2.33. The molecule has 0 fully saturated rings. The Labute approximate surface area is 92.9 Å². The second-order valence-corrected chi connectivity index (χ2v) is 3.84. The van der Waals surface area contributed by atoms with E-state index in [9.17, 15) is 5.11 Å². The lowest BCUT2D eigenvalue weighted by molar-refractivity contribution is 0.477. The van der Waals surface area contributed by atoms with E-state index in [1.54, 1.807) is 0 Å². The molecule has 2 aromatic rings. The maximum Gasteiger partial charge on any atom is 0.128 e. The van der Waals surface area contributed by atoms with Gasteiger partial charge in [0.05, 0.1) is 11.1 Å². The van der Waals surface area contributed by atoms with Gasteiger partial charge in [0.2, 0.25) is 0 Å². The van der Waals surface area contributed by atoms with Gasteiger partial charge in [0, 0.05) is 11.4 Å².